The molecule has 2 amide bonds. The molecule has 0 radical (unpaired) electrons. The highest BCUT2D eigenvalue weighted by atomic mass is 35.5. The zero-order chi connectivity index (χ0) is 20.2. The number of alkyl carbamates (subject to hydrolysis) is 1. The minimum absolute atomic E-state index is 0. The molecule has 0 aliphatic rings. The molecule has 0 heterocycles. The van der Waals surface area contributed by atoms with Gasteiger partial charge in [0.2, 0.25) is 5.91 Å². The fourth-order valence-corrected chi connectivity index (χ4v) is 2.62. The van der Waals surface area contributed by atoms with Crippen LogP contribution in [0.25, 0.3) is 0 Å². The molecule has 2 atom stereocenters. The van der Waals surface area contributed by atoms with Gasteiger partial charge in [0.05, 0.1) is 18.7 Å². The second-order valence-electron chi connectivity index (χ2n) is 6.39. The molecule has 2 rings (SSSR count). The molecule has 2 aromatic rings. The van der Waals surface area contributed by atoms with Crippen molar-refractivity contribution in [1.82, 2.24) is 10.6 Å². The smallest absolute Gasteiger partial charge is 0.407 e. The van der Waals surface area contributed by atoms with E-state index in [0.29, 0.717) is 19.4 Å². The molecule has 5 N–H and O–H groups in total. The zero-order valence-corrected chi connectivity index (χ0v) is 16.9. The van der Waals surface area contributed by atoms with E-state index >= 15 is 0 Å². The third-order valence-corrected chi connectivity index (χ3v) is 4.21. The van der Waals surface area contributed by atoms with E-state index in [2.05, 4.69) is 10.6 Å². The summed E-state index contributed by atoms with van der Waals surface area (Å²) in [5.74, 6) is -0.338. The topological polar surface area (TPSA) is 114 Å². The highest BCUT2D eigenvalue weighted by Crippen LogP contribution is 2.12. The van der Waals surface area contributed by atoms with Crippen LogP contribution in [-0.2, 0) is 16.1 Å². The van der Waals surface area contributed by atoms with Crippen molar-refractivity contribution in [1.29, 1.82) is 0 Å². The molecule has 0 aromatic heterocycles. The first-order valence-corrected chi connectivity index (χ1v) is 9.26. The van der Waals surface area contributed by atoms with Crippen LogP contribution in [0.2, 0.25) is 0 Å². The molecular formula is C21H28ClN3O4. The maximum Gasteiger partial charge on any atom is 0.407 e. The molecular weight excluding hydrogens is 394 g/mol. The summed E-state index contributed by atoms with van der Waals surface area (Å²) < 4.78 is 5.11. The van der Waals surface area contributed by atoms with Gasteiger partial charge in [-0.25, -0.2) is 4.79 Å². The second kappa shape index (κ2) is 13.5. The highest BCUT2D eigenvalue weighted by Gasteiger charge is 2.18. The van der Waals surface area contributed by atoms with Gasteiger partial charge >= 0.3 is 6.09 Å². The van der Waals surface area contributed by atoms with Gasteiger partial charge in [-0.3, -0.25) is 4.79 Å². The van der Waals surface area contributed by atoms with Crippen molar-refractivity contribution >= 4 is 24.4 Å². The van der Waals surface area contributed by atoms with E-state index in [4.69, 9.17) is 10.5 Å². The van der Waals surface area contributed by atoms with E-state index in [0.717, 1.165) is 11.1 Å². The number of halogens is 1. The normalized spacial score (nSPS) is 12.2. The highest BCUT2D eigenvalue weighted by molar-refractivity contribution is 5.85. The number of hydrogen-bond donors (Lipinski definition) is 4. The largest absolute Gasteiger partial charge is 0.445 e. The predicted molar refractivity (Wildman–Crippen MR) is 113 cm³/mol. The van der Waals surface area contributed by atoms with Gasteiger partial charge in [-0.05, 0) is 24.0 Å². The fraction of sp³-hybridized carbons (Fsp3) is 0.333. The van der Waals surface area contributed by atoms with Gasteiger partial charge in [0.1, 0.15) is 6.61 Å². The number of aliphatic hydroxyl groups is 1. The zero-order valence-electron chi connectivity index (χ0n) is 16.1. The molecule has 7 nitrogen and oxygen atoms in total. The number of nitrogens with two attached hydrogens (primary N) is 1. The number of benzene rings is 2. The van der Waals surface area contributed by atoms with E-state index in [9.17, 15) is 14.7 Å². The van der Waals surface area contributed by atoms with Gasteiger partial charge in [0, 0.05) is 6.54 Å². The molecule has 0 bridgehead atoms. The Morgan fingerprint density at radius 1 is 1.03 bits per heavy atom. The SMILES string of the molecule is Cl.N[C@H](CCCNC(=O)OCc1ccccc1)C(=O)N[C@@H](CO)c1ccccc1. The van der Waals surface area contributed by atoms with Crippen LogP contribution in [0.1, 0.15) is 30.0 Å². The second-order valence-corrected chi connectivity index (χ2v) is 6.39. The number of hydrogen-bond acceptors (Lipinski definition) is 5. The minimum Gasteiger partial charge on any atom is -0.445 e. The molecule has 0 fully saturated rings. The first-order chi connectivity index (χ1) is 13.6. The standard InChI is InChI=1S/C21H27N3O4.ClH/c22-18(20(26)24-19(14-25)17-10-5-2-6-11-17)12-7-13-23-21(27)28-15-16-8-3-1-4-9-16;/h1-6,8-11,18-19,25H,7,12-15,22H2,(H,23,27)(H,24,26);1H/t18-,19+;/m1./s1. The van der Waals surface area contributed by atoms with Crippen molar-refractivity contribution < 1.29 is 19.4 Å². The molecule has 0 aliphatic heterocycles. The van der Waals surface area contributed by atoms with Crippen LogP contribution >= 0.6 is 12.4 Å². The number of nitrogens with one attached hydrogen (secondary N) is 2. The molecule has 0 spiro atoms. The Labute approximate surface area is 177 Å². The van der Waals surface area contributed by atoms with Crippen LogP contribution in [0.3, 0.4) is 0 Å². The average Bonchev–Trinajstić information content (AvgIpc) is 2.74. The van der Waals surface area contributed by atoms with Crippen LogP contribution < -0.4 is 16.4 Å². The molecule has 0 aliphatic carbocycles. The van der Waals surface area contributed by atoms with E-state index in [1.807, 2.05) is 60.7 Å². The van der Waals surface area contributed by atoms with Crippen LogP contribution in [0.4, 0.5) is 4.79 Å². The molecule has 0 saturated heterocycles. The number of amides is 2. The van der Waals surface area contributed by atoms with E-state index < -0.39 is 18.2 Å². The predicted octanol–water partition coefficient (Wildman–Crippen LogP) is 2.29. The van der Waals surface area contributed by atoms with E-state index in [1.54, 1.807) is 0 Å². The molecule has 2 aromatic carbocycles. The van der Waals surface area contributed by atoms with Crippen LogP contribution in [-0.4, -0.2) is 36.3 Å². The van der Waals surface area contributed by atoms with Crippen molar-refractivity contribution in [3.05, 3.63) is 71.8 Å². The van der Waals surface area contributed by atoms with Gasteiger partial charge < -0.3 is 26.2 Å². The van der Waals surface area contributed by atoms with Crippen LogP contribution in [0.15, 0.2) is 60.7 Å². The van der Waals surface area contributed by atoms with Crippen molar-refractivity contribution in [3.63, 3.8) is 0 Å². The number of carbonyl (C=O) groups excluding carboxylic acids is 2. The lowest BCUT2D eigenvalue weighted by molar-refractivity contribution is -0.123. The average molecular weight is 422 g/mol. The Balaban J connectivity index is 0.00000420. The summed E-state index contributed by atoms with van der Waals surface area (Å²) in [5.41, 5.74) is 7.64. The summed E-state index contributed by atoms with van der Waals surface area (Å²) in [5, 5.41) is 14.9. The van der Waals surface area contributed by atoms with Gasteiger partial charge in [0.25, 0.3) is 0 Å². The lowest BCUT2D eigenvalue weighted by Gasteiger charge is -2.19. The Kier molecular flexibility index (Phi) is 11.4. The monoisotopic (exact) mass is 421 g/mol. The maximum absolute atomic E-state index is 12.2. The third-order valence-electron chi connectivity index (χ3n) is 4.21. The maximum atomic E-state index is 12.2. The number of ether oxygens (including phenoxy) is 1. The molecule has 29 heavy (non-hydrogen) atoms. The Bertz CT molecular complexity index is 731. The van der Waals surface area contributed by atoms with E-state index in [-0.39, 0.29) is 31.5 Å². The van der Waals surface area contributed by atoms with E-state index in [1.165, 1.54) is 0 Å². The first kappa shape index (κ1) is 24.4. The fourth-order valence-electron chi connectivity index (χ4n) is 2.62. The molecule has 0 saturated carbocycles. The molecule has 0 unspecified atom stereocenters. The van der Waals surface area contributed by atoms with Gasteiger partial charge in [0.15, 0.2) is 0 Å². The van der Waals surface area contributed by atoms with Crippen molar-refractivity contribution in [3.8, 4) is 0 Å². The summed E-state index contributed by atoms with van der Waals surface area (Å²) in [4.78, 5) is 23.9. The van der Waals surface area contributed by atoms with Gasteiger partial charge in [-0.1, -0.05) is 60.7 Å². The quantitative estimate of drug-likeness (QED) is 0.439. The summed E-state index contributed by atoms with van der Waals surface area (Å²) >= 11 is 0. The first-order valence-electron chi connectivity index (χ1n) is 9.26. The molecule has 158 valence electrons. The number of aliphatic hydroxyl groups excluding tert-OH is 1. The summed E-state index contributed by atoms with van der Waals surface area (Å²) in [6.45, 7) is 0.352. The van der Waals surface area contributed by atoms with Crippen molar-refractivity contribution in [2.24, 2.45) is 5.73 Å². The summed E-state index contributed by atoms with van der Waals surface area (Å²) in [6.07, 6.45) is 0.424. The summed E-state index contributed by atoms with van der Waals surface area (Å²) in [6, 6.07) is 17.4. The van der Waals surface area contributed by atoms with Crippen molar-refractivity contribution in [2.75, 3.05) is 13.2 Å². The number of carbonyl (C=O) groups is 2. The number of rotatable bonds is 10. The lowest BCUT2D eigenvalue weighted by atomic mass is 10.1. The summed E-state index contributed by atoms with van der Waals surface area (Å²) in [7, 11) is 0. The lowest BCUT2D eigenvalue weighted by Crippen LogP contribution is -2.43. The van der Waals surface area contributed by atoms with Gasteiger partial charge in [-0.15, -0.1) is 12.4 Å². The molecule has 8 heteroatoms. The van der Waals surface area contributed by atoms with Crippen LogP contribution in [0.5, 0.6) is 0 Å². The van der Waals surface area contributed by atoms with Crippen molar-refractivity contribution in [2.45, 2.75) is 31.5 Å². The van der Waals surface area contributed by atoms with Gasteiger partial charge in [-0.2, -0.15) is 0 Å². The Morgan fingerprint density at radius 3 is 2.28 bits per heavy atom. The van der Waals surface area contributed by atoms with Crippen LogP contribution in [0, 0.1) is 0 Å². The Morgan fingerprint density at radius 2 is 1.66 bits per heavy atom. The minimum atomic E-state index is -0.722. The Hall–Kier alpha value is -2.61. The third kappa shape index (κ3) is 8.95.